The van der Waals surface area contributed by atoms with Crippen LogP contribution in [0.15, 0.2) is 47.4 Å². The van der Waals surface area contributed by atoms with E-state index in [9.17, 15) is 12.8 Å². The van der Waals surface area contributed by atoms with Crippen molar-refractivity contribution in [2.24, 2.45) is 0 Å². The zero-order chi connectivity index (χ0) is 15.7. The maximum Gasteiger partial charge on any atom is 0.240 e. The zero-order valence-electron chi connectivity index (χ0n) is 12.0. The lowest BCUT2D eigenvalue weighted by molar-refractivity contribution is 0.330. The fourth-order valence-corrected chi connectivity index (χ4v) is 3.91. The van der Waals surface area contributed by atoms with E-state index >= 15 is 0 Å². The first-order chi connectivity index (χ1) is 10.5. The van der Waals surface area contributed by atoms with Gasteiger partial charge in [-0.3, -0.25) is 0 Å². The predicted molar refractivity (Wildman–Crippen MR) is 81.0 cm³/mol. The lowest BCUT2D eigenvalue weighted by atomic mass is 10.0. The highest BCUT2D eigenvalue weighted by Gasteiger charge is 2.26. The molecular formula is C16H16FNO3S. The summed E-state index contributed by atoms with van der Waals surface area (Å²) in [5.74, 6) is 0.325. The first-order valence-electron chi connectivity index (χ1n) is 6.95. The van der Waals surface area contributed by atoms with Gasteiger partial charge in [0.1, 0.15) is 11.6 Å². The van der Waals surface area contributed by atoms with Crippen molar-refractivity contribution in [2.45, 2.75) is 17.7 Å². The van der Waals surface area contributed by atoms with Crippen molar-refractivity contribution < 1.29 is 17.5 Å². The molecular weight excluding hydrogens is 305 g/mol. The summed E-state index contributed by atoms with van der Waals surface area (Å²) in [6.07, 6.45) is 0. The van der Waals surface area contributed by atoms with E-state index < -0.39 is 15.8 Å². The van der Waals surface area contributed by atoms with Crippen LogP contribution >= 0.6 is 0 Å². The summed E-state index contributed by atoms with van der Waals surface area (Å²) in [5.41, 5.74) is 1.39. The Morgan fingerprint density at radius 2 is 2.05 bits per heavy atom. The number of aryl methyl sites for hydroxylation is 1. The molecule has 116 valence electrons. The number of sulfonamides is 1. The Morgan fingerprint density at radius 1 is 1.27 bits per heavy atom. The van der Waals surface area contributed by atoms with E-state index in [-0.39, 0.29) is 17.4 Å². The van der Waals surface area contributed by atoms with E-state index in [1.54, 1.807) is 6.92 Å². The van der Waals surface area contributed by atoms with Crippen molar-refractivity contribution in [3.8, 4) is 5.75 Å². The number of nitrogens with one attached hydrogen (secondary N) is 1. The van der Waals surface area contributed by atoms with Gasteiger partial charge in [-0.1, -0.05) is 18.2 Å². The van der Waals surface area contributed by atoms with Gasteiger partial charge in [0.25, 0.3) is 0 Å². The molecule has 1 aliphatic heterocycles. The van der Waals surface area contributed by atoms with Crippen LogP contribution in [0.4, 0.5) is 4.39 Å². The van der Waals surface area contributed by atoms with Gasteiger partial charge in [-0.15, -0.1) is 0 Å². The molecule has 0 saturated carbocycles. The molecule has 0 spiro atoms. The molecule has 3 rings (SSSR count). The zero-order valence-corrected chi connectivity index (χ0v) is 12.9. The molecule has 0 fully saturated rings. The molecule has 0 bridgehead atoms. The van der Waals surface area contributed by atoms with E-state index in [2.05, 4.69) is 4.72 Å². The quantitative estimate of drug-likeness (QED) is 0.942. The number of halogens is 1. The van der Waals surface area contributed by atoms with Crippen LogP contribution in [0.3, 0.4) is 0 Å². The summed E-state index contributed by atoms with van der Waals surface area (Å²) in [5, 5.41) is 0. The molecule has 1 heterocycles. The third-order valence-corrected chi connectivity index (χ3v) is 5.33. The highest BCUT2D eigenvalue weighted by Crippen LogP contribution is 2.33. The van der Waals surface area contributed by atoms with Crippen LogP contribution in [0.1, 0.15) is 17.0 Å². The van der Waals surface area contributed by atoms with Crippen LogP contribution in [0.25, 0.3) is 0 Å². The number of hydrogen-bond donors (Lipinski definition) is 1. The third kappa shape index (κ3) is 2.84. The van der Waals surface area contributed by atoms with Gasteiger partial charge in [-0.05, 0) is 36.8 Å². The molecule has 0 aromatic heterocycles. The number of fused-ring (bicyclic) bond motifs is 1. The molecule has 0 saturated heterocycles. The highest BCUT2D eigenvalue weighted by atomic mass is 32.2. The Bertz CT molecular complexity index is 805. The molecule has 1 N–H and O–H groups in total. The lowest BCUT2D eigenvalue weighted by Crippen LogP contribution is -2.29. The van der Waals surface area contributed by atoms with Crippen molar-refractivity contribution in [3.05, 3.63) is 59.4 Å². The summed E-state index contributed by atoms with van der Waals surface area (Å²) in [6, 6.07) is 11.2. The summed E-state index contributed by atoms with van der Waals surface area (Å²) in [4.78, 5) is 0.0982. The topological polar surface area (TPSA) is 55.4 Å². The Labute approximate surface area is 129 Å². The van der Waals surface area contributed by atoms with Crippen LogP contribution in [-0.4, -0.2) is 21.6 Å². The summed E-state index contributed by atoms with van der Waals surface area (Å²) < 4.78 is 45.9. The van der Waals surface area contributed by atoms with Crippen LogP contribution in [0, 0.1) is 12.7 Å². The van der Waals surface area contributed by atoms with Crippen molar-refractivity contribution >= 4 is 10.0 Å². The molecule has 0 radical (unpaired) electrons. The average molecular weight is 321 g/mol. The fourth-order valence-electron chi connectivity index (χ4n) is 2.60. The predicted octanol–water partition coefficient (Wildman–Crippen LogP) is 2.59. The number of rotatable bonds is 4. The normalized spacial score (nSPS) is 17.1. The van der Waals surface area contributed by atoms with Crippen molar-refractivity contribution in [1.29, 1.82) is 0 Å². The highest BCUT2D eigenvalue weighted by molar-refractivity contribution is 7.89. The maximum atomic E-state index is 13.1. The fraction of sp³-hybridized carbons (Fsp3) is 0.250. The minimum atomic E-state index is -3.67. The molecule has 1 unspecified atom stereocenters. The SMILES string of the molecule is Cc1cc(F)ccc1S(=O)(=O)NCC1COc2ccccc21. The molecule has 22 heavy (non-hydrogen) atoms. The van der Waals surface area contributed by atoms with Gasteiger partial charge in [0.05, 0.1) is 11.5 Å². The van der Waals surface area contributed by atoms with Crippen molar-refractivity contribution in [2.75, 3.05) is 13.2 Å². The van der Waals surface area contributed by atoms with Gasteiger partial charge in [0, 0.05) is 18.0 Å². The van der Waals surface area contributed by atoms with Crippen LogP contribution in [0.2, 0.25) is 0 Å². The standard InChI is InChI=1S/C16H16FNO3S/c1-11-8-13(17)6-7-16(11)22(19,20)18-9-12-10-21-15-5-3-2-4-14(12)15/h2-8,12,18H,9-10H2,1H3. The minimum Gasteiger partial charge on any atom is -0.493 e. The monoisotopic (exact) mass is 321 g/mol. The summed E-state index contributed by atoms with van der Waals surface area (Å²) in [7, 11) is -3.67. The minimum absolute atomic E-state index is 0.0215. The second-order valence-electron chi connectivity index (χ2n) is 5.31. The van der Waals surface area contributed by atoms with Gasteiger partial charge in [-0.2, -0.15) is 0 Å². The second-order valence-corrected chi connectivity index (χ2v) is 7.04. The summed E-state index contributed by atoms with van der Waals surface area (Å²) in [6.45, 7) is 2.27. The van der Waals surface area contributed by atoms with E-state index in [1.165, 1.54) is 12.1 Å². The number of ether oxygens (including phenoxy) is 1. The number of benzene rings is 2. The van der Waals surface area contributed by atoms with E-state index in [1.807, 2.05) is 24.3 Å². The van der Waals surface area contributed by atoms with Gasteiger partial charge in [0.2, 0.25) is 10.0 Å². The van der Waals surface area contributed by atoms with Gasteiger partial charge in [0.15, 0.2) is 0 Å². The van der Waals surface area contributed by atoms with Crippen molar-refractivity contribution in [3.63, 3.8) is 0 Å². The van der Waals surface area contributed by atoms with E-state index in [4.69, 9.17) is 4.74 Å². The second kappa shape index (κ2) is 5.70. The molecule has 1 atom stereocenters. The number of hydrogen-bond acceptors (Lipinski definition) is 3. The molecule has 6 heteroatoms. The van der Waals surface area contributed by atoms with Gasteiger partial charge in [-0.25, -0.2) is 17.5 Å². The largest absolute Gasteiger partial charge is 0.493 e. The molecule has 1 aliphatic rings. The average Bonchev–Trinajstić information content (AvgIpc) is 2.88. The summed E-state index contributed by atoms with van der Waals surface area (Å²) >= 11 is 0. The lowest BCUT2D eigenvalue weighted by Gasteiger charge is -2.12. The number of para-hydroxylation sites is 1. The maximum absolute atomic E-state index is 13.1. The third-order valence-electron chi connectivity index (χ3n) is 3.75. The Hall–Kier alpha value is -1.92. The first-order valence-corrected chi connectivity index (χ1v) is 8.43. The Balaban J connectivity index is 1.76. The smallest absolute Gasteiger partial charge is 0.240 e. The first kappa shape index (κ1) is 15.0. The van der Waals surface area contributed by atoms with Crippen molar-refractivity contribution in [1.82, 2.24) is 4.72 Å². The van der Waals surface area contributed by atoms with Crippen LogP contribution < -0.4 is 9.46 Å². The van der Waals surface area contributed by atoms with E-state index in [0.717, 1.165) is 17.4 Å². The van der Waals surface area contributed by atoms with Crippen LogP contribution in [0.5, 0.6) is 5.75 Å². The molecule has 0 amide bonds. The van der Waals surface area contributed by atoms with Gasteiger partial charge < -0.3 is 4.74 Å². The molecule has 4 nitrogen and oxygen atoms in total. The molecule has 2 aromatic carbocycles. The van der Waals surface area contributed by atoms with Crippen LogP contribution in [-0.2, 0) is 10.0 Å². The van der Waals surface area contributed by atoms with E-state index in [0.29, 0.717) is 12.2 Å². The molecule has 0 aliphatic carbocycles. The Morgan fingerprint density at radius 3 is 2.82 bits per heavy atom. The molecule has 2 aromatic rings. The Kier molecular flexibility index (Phi) is 3.88. The van der Waals surface area contributed by atoms with Gasteiger partial charge >= 0.3 is 0 Å².